The number of nitrogens with zero attached hydrogens (tertiary/aromatic N) is 1. The van der Waals surface area contributed by atoms with Crippen molar-refractivity contribution in [2.24, 2.45) is 0 Å². The van der Waals surface area contributed by atoms with Crippen molar-refractivity contribution < 1.29 is 18.8 Å². The summed E-state index contributed by atoms with van der Waals surface area (Å²) in [5, 5.41) is 6.50. The Hall–Kier alpha value is -3.88. The van der Waals surface area contributed by atoms with E-state index in [9.17, 15) is 18.8 Å². The standard InChI is InChI=1S/C24H17Cl2FN4O3/c1-13-5-7-18(12-19(13)26)28-22(32)21-10-14-9-15(25)6-8-20(14)31(21)30-24(34)23(33)29-17-4-2-3-16(27)11-17/h2-12H,1H3,(H,28,32)(H,29,33)(H,30,34). The number of fused-ring (bicyclic) bond motifs is 1. The summed E-state index contributed by atoms with van der Waals surface area (Å²) in [6.07, 6.45) is 0. The Balaban J connectivity index is 1.63. The van der Waals surface area contributed by atoms with Gasteiger partial charge in [0.1, 0.15) is 11.5 Å². The fourth-order valence-electron chi connectivity index (χ4n) is 3.25. The Bertz CT molecular complexity index is 1450. The predicted octanol–water partition coefficient (Wildman–Crippen LogP) is 5.36. The summed E-state index contributed by atoms with van der Waals surface area (Å²) in [7, 11) is 0. The zero-order valence-electron chi connectivity index (χ0n) is 17.7. The van der Waals surface area contributed by atoms with Crippen LogP contribution in [-0.2, 0) is 9.59 Å². The van der Waals surface area contributed by atoms with E-state index in [1.807, 2.05) is 6.92 Å². The van der Waals surface area contributed by atoms with E-state index >= 15 is 0 Å². The first kappa shape index (κ1) is 23.3. The number of aryl methyl sites for hydroxylation is 1. The molecule has 1 aromatic heterocycles. The number of rotatable bonds is 4. The second kappa shape index (κ2) is 9.54. The van der Waals surface area contributed by atoms with E-state index in [-0.39, 0.29) is 11.4 Å². The molecular formula is C24H17Cl2FN4O3. The number of amides is 3. The molecule has 0 fully saturated rings. The summed E-state index contributed by atoms with van der Waals surface area (Å²) in [4.78, 5) is 38.1. The van der Waals surface area contributed by atoms with Gasteiger partial charge in [-0.3, -0.25) is 19.8 Å². The molecular weight excluding hydrogens is 482 g/mol. The van der Waals surface area contributed by atoms with Gasteiger partial charge < -0.3 is 10.6 Å². The molecule has 34 heavy (non-hydrogen) atoms. The molecule has 172 valence electrons. The predicted molar refractivity (Wildman–Crippen MR) is 130 cm³/mol. The second-order valence-electron chi connectivity index (χ2n) is 7.39. The Morgan fingerprint density at radius 3 is 2.35 bits per heavy atom. The number of benzene rings is 3. The summed E-state index contributed by atoms with van der Waals surface area (Å²) in [6.45, 7) is 1.83. The van der Waals surface area contributed by atoms with Gasteiger partial charge in [0.05, 0.1) is 5.52 Å². The lowest BCUT2D eigenvalue weighted by molar-refractivity contribution is -0.133. The molecule has 0 aliphatic carbocycles. The topological polar surface area (TPSA) is 92.2 Å². The maximum absolute atomic E-state index is 13.4. The fraction of sp³-hybridized carbons (Fsp3) is 0.0417. The van der Waals surface area contributed by atoms with Gasteiger partial charge in [-0.15, -0.1) is 0 Å². The highest BCUT2D eigenvalue weighted by Gasteiger charge is 2.21. The molecule has 7 nitrogen and oxygen atoms in total. The first-order valence-corrected chi connectivity index (χ1v) is 10.7. The van der Waals surface area contributed by atoms with Crippen LogP contribution < -0.4 is 16.1 Å². The van der Waals surface area contributed by atoms with E-state index in [2.05, 4.69) is 16.1 Å². The summed E-state index contributed by atoms with van der Waals surface area (Å²) in [5.41, 5.74) is 4.30. The molecule has 3 aromatic carbocycles. The van der Waals surface area contributed by atoms with Crippen molar-refractivity contribution >= 4 is 63.2 Å². The summed E-state index contributed by atoms with van der Waals surface area (Å²) in [5.74, 6) is -3.23. The quantitative estimate of drug-likeness (QED) is 0.331. The molecule has 4 aromatic rings. The molecule has 0 unspecified atom stereocenters. The fourth-order valence-corrected chi connectivity index (χ4v) is 3.61. The van der Waals surface area contributed by atoms with Crippen molar-refractivity contribution in [3.8, 4) is 0 Å². The van der Waals surface area contributed by atoms with Crippen LogP contribution in [0, 0.1) is 12.7 Å². The van der Waals surface area contributed by atoms with E-state index in [0.29, 0.717) is 26.6 Å². The van der Waals surface area contributed by atoms with Crippen LogP contribution in [0.3, 0.4) is 0 Å². The third kappa shape index (κ3) is 5.03. The van der Waals surface area contributed by atoms with Crippen LogP contribution in [0.4, 0.5) is 15.8 Å². The molecule has 0 bridgehead atoms. The lowest BCUT2D eigenvalue weighted by Gasteiger charge is -2.13. The van der Waals surface area contributed by atoms with Gasteiger partial charge in [-0.1, -0.05) is 35.3 Å². The highest BCUT2D eigenvalue weighted by atomic mass is 35.5. The number of aromatic nitrogens is 1. The van der Waals surface area contributed by atoms with Gasteiger partial charge in [0.2, 0.25) is 0 Å². The van der Waals surface area contributed by atoms with Crippen molar-refractivity contribution in [1.29, 1.82) is 0 Å². The monoisotopic (exact) mass is 498 g/mol. The number of nitrogens with one attached hydrogen (secondary N) is 3. The molecule has 0 spiro atoms. The van der Waals surface area contributed by atoms with Crippen LogP contribution in [-0.4, -0.2) is 22.4 Å². The minimum absolute atomic E-state index is 0.0425. The minimum Gasteiger partial charge on any atom is -0.321 e. The van der Waals surface area contributed by atoms with Crippen LogP contribution >= 0.6 is 23.2 Å². The molecule has 0 aliphatic heterocycles. The maximum Gasteiger partial charge on any atom is 0.328 e. The molecule has 0 saturated carbocycles. The van der Waals surface area contributed by atoms with E-state index < -0.39 is 23.5 Å². The molecule has 10 heteroatoms. The Morgan fingerprint density at radius 2 is 1.62 bits per heavy atom. The molecule has 4 rings (SSSR count). The molecule has 3 N–H and O–H groups in total. The van der Waals surface area contributed by atoms with Gasteiger partial charge >= 0.3 is 11.8 Å². The highest BCUT2D eigenvalue weighted by Crippen LogP contribution is 2.25. The highest BCUT2D eigenvalue weighted by molar-refractivity contribution is 6.42. The molecule has 0 aliphatic rings. The van der Waals surface area contributed by atoms with Crippen molar-refractivity contribution in [2.75, 3.05) is 16.1 Å². The summed E-state index contributed by atoms with van der Waals surface area (Å²) >= 11 is 12.2. The van der Waals surface area contributed by atoms with Gasteiger partial charge in [-0.05, 0) is 67.1 Å². The minimum atomic E-state index is -1.07. The summed E-state index contributed by atoms with van der Waals surface area (Å²) < 4.78 is 14.6. The largest absolute Gasteiger partial charge is 0.328 e. The third-order valence-electron chi connectivity index (χ3n) is 4.93. The Labute approximate surface area is 203 Å². The van der Waals surface area contributed by atoms with Crippen molar-refractivity contribution in [3.05, 3.63) is 93.8 Å². The zero-order valence-corrected chi connectivity index (χ0v) is 19.2. The summed E-state index contributed by atoms with van der Waals surface area (Å²) in [6, 6.07) is 16.5. The van der Waals surface area contributed by atoms with E-state index in [0.717, 1.165) is 11.6 Å². The average molecular weight is 499 g/mol. The van der Waals surface area contributed by atoms with E-state index in [1.54, 1.807) is 36.4 Å². The number of carbonyl (C=O) groups excluding carboxylic acids is 3. The first-order chi connectivity index (χ1) is 16.2. The van der Waals surface area contributed by atoms with Crippen LogP contribution in [0.25, 0.3) is 10.9 Å². The number of halogens is 3. The zero-order chi connectivity index (χ0) is 24.4. The molecule has 1 heterocycles. The van der Waals surface area contributed by atoms with Gasteiger partial charge in [-0.25, -0.2) is 9.07 Å². The van der Waals surface area contributed by atoms with Gasteiger partial charge in [0, 0.05) is 26.8 Å². The second-order valence-corrected chi connectivity index (χ2v) is 8.24. The lowest BCUT2D eigenvalue weighted by Crippen LogP contribution is -2.36. The van der Waals surface area contributed by atoms with Crippen molar-refractivity contribution in [3.63, 3.8) is 0 Å². The normalized spacial score (nSPS) is 10.7. The SMILES string of the molecule is Cc1ccc(NC(=O)c2cc3cc(Cl)ccc3n2NC(=O)C(=O)Nc2cccc(F)c2)cc1Cl. The lowest BCUT2D eigenvalue weighted by atomic mass is 10.2. The van der Waals surface area contributed by atoms with Crippen LogP contribution in [0.1, 0.15) is 16.1 Å². The Kier molecular flexibility index (Phi) is 6.54. The van der Waals surface area contributed by atoms with Crippen LogP contribution in [0.5, 0.6) is 0 Å². The van der Waals surface area contributed by atoms with Gasteiger partial charge in [0.25, 0.3) is 5.91 Å². The molecule has 0 radical (unpaired) electrons. The van der Waals surface area contributed by atoms with Crippen LogP contribution in [0.15, 0.2) is 66.7 Å². The number of hydrogen-bond acceptors (Lipinski definition) is 3. The van der Waals surface area contributed by atoms with Crippen molar-refractivity contribution in [2.45, 2.75) is 6.92 Å². The van der Waals surface area contributed by atoms with Gasteiger partial charge in [-0.2, -0.15) is 0 Å². The first-order valence-electron chi connectivity index (χ1n) is 9.97. The van der Waals surface area contributed by atoms with Crippen LogP contribution in [0.2, 0.25) is 10.0 Å². The van der Waals surface area contributed by atoms with E-state index in [1.165, 1.54) is 28.9 Å². The number of hydrogen-bond donors (Lipinski definition) is 3. The Morgan fingerprint density at radius 1 is 0.853 bits per heavy atom. The average Bonchev–Trinajstić information content (AvgIpc) is 3.13. The molecule has 0 atom stereocenters. The van der Waals surface area contributed by atoms with Gasteiger partial charge in [0.15, 0.2) is 0 Å². The number of anilines is 2. The van der Waals surface area contributed by atoms with E-state index in [4.69, 9.17) is 23.2 Å². The molecule has 0 saturated heterocycles. The maximum atomic E-state index is 13.4. The van der Waals surface area contributed by atoms with Crippen molar-refractivity contribution in [1.82, 2.24) is 4.68 Å². The smallest absolute Gasteiger partial charge is 0.321 e. The number of carbonyl (C=O) groups is 3. The third-order valence-corrected chi connectivity index (χ3v) is 5.57. The molecule has 3 amide bonds.